The SMILES string of the molecule is CCN(CC)CC.CCN(CC)CC.Nc1ccc2c(-c3ccc(C(=O)NCCCCCC(=O)N4Cc5ccccc5C#Cc5ccccc54)cc3C(=O)O)c3ccc(=[NH2+])c(S(=O)(=O)O)c-3oc2c1S(=O)(=O)[O-]. The van der Waals surface area contributed by atoms with E-state index in [2.05, 4.69) is 68.5 Å². The number of rotatable bonds is 17. The first-order valence-corrected chi connectivity index (χ1v) is 27.0. The van der Waals surface area contributed by atoms with Gasteiger partial charge in [0.25, 0.3) is 5.91 Å². The second-order valence-electron chi connectivity index (χ2n) is 16.9. The molecule has 0 unspecified atom stereocenters. The normalized spacial score (nSPS) is 12.1. The van der Waals surface area contributed by atoms with Crippen molar-refractivity contribution in [3.8, 4) is 34.3 Å². The van der Waals surface area contributed by atoms with Gasteiger partial charge >= 0.3 is 16.1 Å². The summed E-state index contributed by atoms with van der Waals surface area (Å²) in [5, 5.41) is 18.3. The highest BCUT2D eigenvalue weighted by molar-refractivity contribution is 7.86. The molecule has 2 heterocycles. The molecule has 0 atom stereocenters. The van der Waals surface area contributed by atoms with Crippen molar-refractivity contribution in [2.24, 2.45) is 0 Å². The van der Waals surface area contributed by atoms with Gasteiger partial charge in [0.05, 0.1) is 23.5 Å². The number of carbonyl (C=O) groups excluding carboxylic acids is 2. The van der Waals surface area contributed by atoms with Gasteiger partial charge in [0.2, 0.25) is 16.2 Å². The minimum atomic E-state index is -5.38. The summed E-state index contributed by atoms with van der Waals surface area (Å²) >= 11 is 0. The molecule has 7 rings (SSSR count). The number of unbranched alkanes of at least 4 members (excludes halogenated alkanes) is 2. The van der Waals surface area contributed by atoms with E-state index in [9.17, 15) is 45.4 Å². The summed E-state index contributed by atoms with van der Waals surface area (Å²) in [4.78, 5) is 44.1. The van der Waals surface area contributed by atoms with Gasteiger partial charge in [-0.05, 0) is 112 Å². The minimum absolute atomic E-state index is 0.0513. The average molecular weight is 1040 g/mol. The number of nitrogen functional groups attached to an aromatic ring is 1. The van der Waals surface area contributed by atoms with Crippen molar-refractivity contribution in [2.45, 2.75) is 83.6 Å². The molecule has 0 saturated carbocycles. The Morgan fingerprint density at radius 1 is 0.767 bits per heavy atom. The Balaban J connectivity index is 0.000000619. The van der Waals surface area contributed by atoms with E-state index in [0.717, 1.165) is 40.6 Å². The number of hydrogen-bond donors (Lipinski definition) is 5. The van der Waals surface area contributed by atoms with Crippen LogP contribution in [-0.2, 0) is 31.6 Å². The van der Waals surface area contributed by atoms with Gasteiger partial charge in [0.15, 0.2) is 11.3 Å². The van der Waals surface area contributed by atoms with Crippen LogP contribution < -0.4 is 26.7 Å². The average Bonchev–Trinajstić information content (AvgIpc) is 3.35. The molecule has 0 saturated heterocycles. The van der Waals surface area contributed by atoms with Crippen LogP contribution in [0.15, 0.2) is 105 Å². The number of carbonyl (C=O) groups is 3. The monoisotopic (exact) mass is 1040 g/mol. The van der Waals surface area contributed by atoms with Crippen LogP contribution in [0.25, 0.3) is 33.4 Å². The maximum absolute atomic E-state index is 13.5. The number of amides is 2. The van der Waals surface area contributed by atoms with E-state index in [1.807, 2.05) is 48.5 Å². The van der Waals surface area contributed by atoms with Gasteiger partial charge in [-0.15, -0.1) is 0 Å². The first-order chi connectivity index (χ1) is 34.7. The van der Waals surface area contributed by atoms with Gasteiger partial charge in [-0.1, -0.05) is 96.2 Å². The molecule has 4 aromatic rings. The van der Waals surface area contributed by atoms with Crippen molar-refractivity contribution in [1.29, 1.82) is 0 Å². The predicted octanol–water partition coefficient (Wildman–Crippen LogP) is 6.23. The van der Waals surface area contributed by atoms with Crippen LogP contribution in [-0.4, -0.2) is 104 Å². The maximum Gasteiger partial charge on any atom is 0.336 e. The molecule has 0 fully saturated rings. The lowest BCUT2D eigenvalue weighted by Crippen LogP contribution is -2.47. The Bertz CT molecular complexity index is 3260. The second-order valence-corrected chi connectivity index (χ2v) is 19.6. The number of aromatic carboxylic acids is 1. The molecule has 19 heteroatoms. The third-order valence-corrected chi connectivity index (χ3v) is 14.4. The van der Waals surface area contributed by atoms with Crippen LogP contribution in [0.2, 0.25) is 0 Å². The molecule has 1 aliphatic carbocycles. The summed E-state index contributed by atoms with van der Waals surface area (Å²) in [5.74, 6) is 3.50. The summed E-state index contributed by atoms with van der Waals surface area (Å²) < 4.78 is 77.9. The summed E-state index contributed by atoms with van der Waals surface area (Å²) in [5.41, 5.74) is 6.98. The minimum Gasteiger partial charge on any atom is -0.744 e. The third kappa shape index (κ3) is 14.0. The number of nitrogens with two attached hydrogens (primary N) is 2. The molecule has 0 aromatic heterocycles. The zero-order valence-corrected chi connectivity index (χ0v) is 43.7. The molecule has 3 aliphatic rings. The molecule has 4 aromatic carbocycles. The van der Waals surface area contributed by atoms with E-state index >= 15 is 0 Å². The topological polar surface area (TPSA) is 270 Å². The Morgan fingerprint density at radius 2 is 1.36 bits per heavy atom. The second kappa shape index (κ2) is 25.6. The molecule has 0 radical (unpaired) electrons. The standard InChI is InChI=1S/C42H34N4O11S2.2C6H15N/c43-32-19-17-29-36(30-18-20-33(44)40(59(54,55)56)38(30)57-37(29)39(32)58(51,52)53)28-16-15-26(22-31(28)42(49)50)41(48)45-21-7-1-2-12-35(47)46-23-27-10-4-3-8-24(27)13-14-25-9-5-6-11-34(25)46;2*1-4-7(5-2)6-3/h3-6,8-11,15-20,22,43H,1-2,7,12,21,23,44H2,(H,45,48)(H,49,50)(H,51,52,53)(H,54,55,56);2*4-6H2,1-3H3. The van der Waals surface area contributed by atoms with Gasteiger partial charge in [-0.25, -0.2) is 13.2 Å². The number of carboxylic acids is 1. The Morgan fingerprint density at radius 3 is 1.95 bits per heavy atom. The third-order valence-electron chi connectivity index (χ3n) is 12.5. The van der Waals surface area contributed by atoms with Crippen LogP contribution in [0.3, 0.4) is 0 Å². The van der Waals surface area contributed by atoms with Crippen LogP contribution in [0, 0.1) is 11.8 Å². The Labute approximate surface area is 427 Å². The van der Waals surface area contributed by atoms with Crippen LogP contribution in [0.5, 0.6) is 0 Å². The molecule has 2 aliphatic heterocycles. The summed E-state index contributed by atoms with van der Waals surface area (Å²) in [6.45, 7) is 20.8. The smallest absolute Gasteiger partial charge is 0.336 e. The van der Waals surface area contributed by atoms with Gasteiger partial charge < -0.3 is 39.8 Å². The molecule has 388 valence electrons. The van der Waals surface area contributed by atoms with Gasteiger partial charge in [-0.3, -0.25) is 19.6 Å². The fourth-order valence-corrected chi connectivity index (χ4v) is 9.95. The molecular weight excluding hydrogens is 973 g/mol. The number of nitrogens with zero attached hydrogens (tertiary/aromatic N) is 3. The molecule has 0 bridgehead atoms. The van der Waals surface area contributed by atoms with Crippen LogP contribution in [0.1, 0.15) is 105 Å². The lowest BCUT2D eigenvalue weighted by molar-refractivity contribution is -0.176. The number of fused-ring (bicyclic) bond motifs is 4. The van der Waals surface area contributed by atoms with Crippen molar-refractivity contribution in [3.63, 3.8) is 0 Å². The number of anilines is 2. The number of benzene rings is 5. The zero-order chi connectivity index (χ0) is 53.6. The maximum atomic E-state index is 13.5. The first-order valence-electron chi connectivity index (χ1n) is 24.2. The van der Waals surface area contributed by atoms with Gasteiger partial charge in [-0.2, -0.15) is 8.42 Å². The van der Waals surface area contributed by atoms with Crippen molar-refractivity contribution in [3.05, 3.63) is 124 Å². The fraction of sp³-hybridized carbons (Fsp3) is 0.333. The zero-order valence-electron chi connectivity index (χ0n) is 42.0. The summed E-state index contributed by atoms with van der Waals surface area (Å²) in [7, 11) is -10.5. The van der Waals surface area contributed by atoms with E-state index in [-0.39, 0.29) is 46.5 Å². The van der Waals surface area contributed by atoms with E-state index in [0.29, 0.717) is 25.8 Å². The number of carboxylic acid groups (broad SMARTS) is 1. The van der Waals surface area contributed by atoms with Gasteiger partial charge in [0, 0.05) is 52.2 Å². The van der Waals surface area contributed by atoms with E-state index in [1.165, 1.54) is 63.5 Å². The van der Waals surface area contributed by atoms with E-state index in [1.54, 1.807) is 4.90 Å². The quantitative estimate of drug-likeness (QED) is 0.0223. The lowest BCUT2D eigenvalue weighted by Gasteiger charge is -2.26. The number of hydrogen-bond acceptors (Lipinski definition) is 12. The molecule has 0 spiro atoms. The van der Waals surface area contributed by atoms with Crippen molar-refractivity contribution in [1.82, 2.24) is 15.1 Å². The van der Waals surface area contributed by atoms with Crippen LogP contribution >= 0.6 is 0 Å². The molecule has 17 nitrogen and oxygen atoms in total. The highest BCUT2D eigenvalue weighted by Crippen LogP contribution is 2.45. The molecule has 7 N–H and O–H groups in total. The highest BCUT2D eigenvalue weighted by atomic mass is 32.2. The Hall–Kier alpha value is -6.92. The van der Waals surface area contributed by atoms with Crippen molar-refractivity contribution in [2.75, 3.05) is 56.4 Å². The lowest BCUT2D eigenvalue weighted by atomic mass is 9.89. The largest absolute Gasteiger partial charge is 0.744 e. The van der Waals surface area contributed by atoms with Crippen LogP contribution in [0.4, 0.5) is 11.4 Å². The van der Waals surface area contributed by atoms with Crippen molar-refractivity contribution < 1.29 is 55.3 Å². The number of nitrogens with one attached hydrogen (secondary N) is 1. The summed E-state index contributed by atoms with van der Waals surface area (Å²) in [6, 6.07) is 23.5. The van der Waals surface area contributed by atoms with Crippen molar-refractivity contribution >= 4 is 60.4 Å². The first kappa shape index (κ1) is 57.0. The molecular formula is C54H64N6O11S2. The molecule has 2 amide bonds. The summed E-state index contributed by atoms with van der Waals surface area (Å²) in [6.07, 6.45) is 1.89. The fourth-order valence-electron chi connectivity index (χ4n) is 8.46. The molecule has 73 heavy (non-hydrogen) atoms. The van der Waals surface area contributed by atoms with Gasteiger partial charge in [0.1, 0.15) is 15.0 Å². The van der Waals surface area contributed by atoms with E-state index in [4.69, 9.17) is 15.6 Å². The highest BCUT2D eigenvalue weighted by Gasteiger charge is 2.32. The number of para-hydroxylation sites is 1. The van der Waals surface area contributed by atoms with E-state index < -0.39 is 69.9 Å². The Kier molecular flexibility index (Phi) is 20.0. The predicted molar refractivity (Wildman–Crippen MR) is 280 cm³/mol.